The van der Waals surface area contributed by atoms with Gasteiger partial charge in [-0.1, -0.05) is 134 Å². The Hall–Kier alpha value is -7.70. The monoisotopic (exact) mass is 977 g/mol. The van der Waals surface area contributed by atoms with E-state index in [1.807, 2.05) is 0 Å². The summed E-state index contributed by atoms with van der Waals surface area (Å²) in [6.07, 6.45) is 10.4. The van der Waals surface area contributed by atoms with Gasteiger partial charge in [0.25, 0.3) is 0 Å². The average Bonchev–Trinajstić information content (AvgIpc) is 3.42. The molecule has 0 saturated carbocycles. The average molecular weight is 977 g/mol. The van der Waals surface area contributed by atoms with Crippen molar-refractivity contribution in [2.24, 2.45) is 0 Å². The number of hydrogen-bond donors (Lipinski definition) is 0. The summed E-state index contributed by atoms with van der Waals surface area (Å²) in [6, 6.07) is 62.3. The van der Waals surface area contributed by atoms with E-state index in [2.05, 4.69) is 207 Å². The molecule has 374 valence electrons. The van der Waals surface area contributed by atoms with Crippen molar-refractivity contribution in [2.45, 2.75) is 91.9 Å². The van der Waals surface area contributed by atoms with Crippen LogP contribution in [0.2, 0.25) is 0 Å². The van der Waals surface area contributed by atoms with Crippen molar-refractivity contribution < 1.29 is 18.9 Å². The van der Waals surface area contributed by atoms with E-state index in [1.165, 1.54) is 22.3 Å². The van der Waals surface area contributed by atoms with E-state index in [0.717, 1.165) is 165 Å². The Morgan fingerprint density at radius 3 is 0.797 bits per heavy atom. The minimum atomic E-state index is 0.610. The standard InChI is InChI=1S/C68H68N2O4/c1-47-21-29-51(30-22-47)69(52-31-23-48(2)24-32-52)55-37-39-57-59(45-55)65-58-40-38-56(70(53-33-25-49(3)26-34-53)54-35-27-50(4)28-36-54)46-60(58)66(57)68-63-19-16-20-64(68)74-44-14-10-6-8-12-42-72-62-18-15-17-61(67(62)65)71-41-11-7-5-9-13-43-73-63/h15-40,45-46H,5-14,41-44H2,1-4H3. The maximum atomic E-state index is 7.04. The van der Waals surface area contributed by atoms with Crippen LogP contribution in [0.4, 0.5) is 34.1 Å². The summed E-state index contributed by atoms with van der Waals surface area (Å²) in [4.78, 5) is 4.76. The maximum absolute atomic E-state index is 7.04. The fraction of sp³-hybridized carbons (Fsp3) is 0.265. The van der Waals surface area contributed by atoms with Gasteiger partial charge < -0.3 is 28.7 Å². The molecular weight excluding hydrogens is 909 g/mol. The number of aryl methyl sites for hydroxylation is 4. The molecule has 0 N–H and O–H groups in total. The van der Waals surface area contributed by atoms with Crippen molar-refractivity contribution in [2.75, 3.05) is 36.2 Å². The molecule has 11 rings (SSSR count). The highest BCUT2D eigenvalue weighted by Crippen LogP contribution is 2.54. The number of anilines is 6. The highest BCUT2D eigenvalue weighted by molar-refractivity contribution is 6.24. The molecule has 2 aliphatic rings. The molecule has 0 radical (unpaired) electrons. The smallest absolute Gasteiger partial charge is 0.130 e. The van der Waals surface area contributed by atoms with Gasteiger partial charge in [0.15, 0.2) is 0 Å². The maximum Gasteiger partial charge on any atom is 0.130 e. The molecule has 0 spiro atoms. The lowest BCUT2D eigenvalue weighted by atomic mass is 9.84. The first kappa shape index (κ1) is 48.6. The van der Waals surface area contributed by atoms with Gasteiger partial charge in [-0.2, -0.15) is 0 Å². The molecule has 0 atom stereocenters. The second-order valence-corrected chi connectivity index (χ2v) is 20.4. The zero-order valence-corrected chi connectivity index (χ0v) is 43.6. The lowest BCUT2D eigenvalue weighted by molar-refractivity contribution is 0.282. The van der Waals surface area contributed by atoms with E-state index in [-0.39, 0.29) is 0 Å². The highest BCUT2D eigenvalue weighted by atomic mass is 16.5. The summed E-state index contributed by atoms with van der Waals surface area (Å²) in [5.41, 5.74) is 15.3. The molecule has 0 unspecified atom stereocenters. The Morgan fingerprint density at radius 1 is 0.257 bits per heavy atom. The van der Waals surface area contributed by atoms with Crippen LogP contribution in [0.1, 0.15) is 86.5 Å². The minimum Gasteiger partial charge on any atom is -0.493 e. The quantitative estimate of drug-likeness (QED) is 0.155. The summed E-state index contributed by atoms with van der Waals surface area (Å²) in [5.74, 6) is 3.32. The fourth-order valence-corrected chi connectivity index (χ4v) is 10.9. The molecule has 74 heavy (non-hydrogen) atoms. The van der Waals surface area contributed by atoms with Gasteiger partial charge in [-0.15, -0.1) is 0 Å². The number of nitrogens with zero attached hydrogens (tertiary/aromatic N) is 2. The Balaban J connectivity index is 1.30. The molecule has 2 aliphatic heterocycles. The van der Waals surface area contributed by atoms with Gasteiger partial charge in [0.2, 0.25) is 0 Å². The van der Waals surface area contributed by atoms with Crippen LogP contribution in [0.3, 0.4) is 0 Å². The van der Waals surface area contributed by atoms with Crippen LogP contribution in [0.5, 0.6) is 23.0 Å². The molecule has 9 aromatic rings. The predicted octanol–water partition coefficient (Wildman–Crippen LogP) is 18.9. The van der Waals surface area contributed by atoms with Gasteiger partial charge in [0.1, 0.15) is 23.0 Å². The number of rotatable bonds is 6. The second kappa shape index (κ2) is 22.2. The number of hydrogen-bond acceptors (Lipinski definition) is 6. The van der Waals surface area contributed by atoms with Crippen molar-refractivity contribution >= 4 is 55.7 Å². The summed E-state index contributed by atoms with van der Waals surface area (Å²) >= 11 is 0. The number of ether oxygens (including phenoxy) is 4. The second-order valence-electron chi connectivity index (χ2n) is 20.4. The van der Waals surface area contributed by atoms with E-state index in [4.69, 9.17) is 18.9 Å². The summed E-state index contributed by atoms with van der Waals surface area (Å²) in [6.45, 7) is 11.0. The molecule has 4 bridgehead atoms. The lowest BCUT2D eigenvalue weighted by Gasteiger charge is -2.29. The normalized spacial score (nSPS) is 14.4. The third-order valence-corrected chi connectivity index (χ3v) is 14.9. The van der Waals surface area contributed by atoms with Crippen molar-refractivity contribution in [3.8, 4) is 45.3 Å². The summed E-state index contributed by atoms with van der Waals surface area (Å²) in [5, 5.41) is 4.31. The topological polar surface area (TPSA) is 43.4 Å². The van der Waals surface area contributed by atoms with Gasteiger partial charge in [0, 0.05) is 45.3 Å². The predicted molar refractivity (Wildman–Crippen MR) is 309 cm³/mol. The summed E-state index contributed by atoms with van der Waals surface area (Å²) in [7, 11) is 0. The SMILES string of the molecule is Cc1ccc(N(c2ccc(C)cc2)c2ccc3c4c5cc(N(c6ccc(C)cc6)c6ccc(C)cc6)ccc5c(c3c2)-c2c3cccc2OCCCCCCCOc2cccc(c2-4)OCCCCCCCO3)cc1. The van der Waals surface area contributed by atoms with E-state index >= 15 is 0 Å². The third kappa shape index (κ3) is 10.3. The summed E-state index contributed by atoms with van der Waals surface area (Å²) < 4.78 is 28.2. The zero-order valence-electron chi connectivity index (χ0n) is 43.6. The molecule has 6 nitrogen and oxygen atoms in total. The molecule has 0 amide bonds. The molecule has 0 fully saturated rings. The van der Waals surface area contributed by atoms with Crippen LogP contribution in [0.15, 0.2) is 170 Å². The van der Waals surface area contributed by atoms with Crippen molar-refractivity contribution in [1.82, 2.24) is 0 Å². The molecule has 0 aliphatic carbocycles. The molecule has 0 saturated heterocycles. The highest BCUT2D eigenvalue weighted by Gasteiger charge is 2.28. The van der Waals surface area contributed by atoms with Crippen LogP contribution in [0, 0.1) is 27.7 Å². The van der Waals surface area contributed by atoms with E-state index < -0.39 is 0 Å². The Labute approximate surface area is 438 Å². The van der Waals surface area contributed by atoms with Crippen LogP contribution in [-0.2, 0) is 0 Å². The lowest BCUT2D eigenvalue weighted by Crippen LogP contribution is -2.11. The van der Waals surface area contributed by atoms with Gasteiger partial charge in [-0.25, -0.2) is 0 Å². The van der Waals surface area contributed by atoms with Gasteiger partial charge in [0.05, 0.1) is 37.6 Å². The third-order valence-electron chi connectivity index (χ3n) is 14.9. The zero-order chi connectivity index (χ0) is 50.4. The first-order valence-electron chi connectivity index (χ1n) is 27.1. The molecule has 0 aromatic heterocycles. The van der Waals surface area contributed by atoms with Gasteiger partial charge in [-0.3, -0.25) is 0 Å². The van der Waals surface area contributed by atoms with Crippen LogP contribution in [-0.4, -0.2) is 26.4 Å². The molecule has 6 heteroatoms. The molecular formula is C68H68N2O4. The Kier molecular flexibility index (Phi) is 14.6. The minimum absolute atomic E-state index is 0.610. The Morgan fingerprint density at radius 2 is 0.514 bits per heavy atom. The van der Waals surface area contributed by atoms with E-state index in [1.54, 1.807) is 0 Å². The first-order chi connectivity index (χ1) is 36.4. The van der Waals surface area contributed by atoms with Gasteiger partial charge >= 0.3 is 0 Å². The number of benzene rings is 9. The Bertz CT molecular complexity index is 3010. The largest absolute Gasteiger partial charge is 0.493 e. The molecule has 9 aromatic carbocycles. The van der Waals surface area contributed by atoms with Crippen molar-refractivity contribution in [1.29, 1.82) is 0 Å². The van der Waals surface area contributed by atoms with Crippen LogP contribution < -0.4 is 28.7 Å². The van der Waals surface area contributed by atoms with E-state index in [9.17, 15) is 0 Å². The molecule has 2 heterocycles. The van der Waals surface area contributed by atoms with Crippen molar-refractivity contribution in [3.05, 3.63) is 192 Å². The van der Waals surface area contributed by atoms with Crippen LogP contribution >= 0.6 is 0 Å². The fourth-order valence-electron chi connectivity index (χ4n) is 10.9. The van der Waals surface area contributed by atoms with Crippen molar-refractivity contribution in [3.63, 3.8) is 0 Å². The van der Waals surface area contributed by atoms with Gasteiger partial charge in [-0.05, 0) is 172 Å². The first-order valence-corrected chi connectivity index (χ1v) is 27.1. The van der Waals surface area contributed by atoms with Crippen LogP contribution in [0.25, 0.3) is 43.8 Å². The van der Waals surface area contributed by atoms with E-state index in [0.29, 0.717) is 26.4 Å².